The van der Waals surface area contributed by atoms with Crippen molar-refractivity contribution < 1.29 is 13.9 Å². The van der Waals surface area contributed by atoms with E-state index in [0.29, 0.717) is 12.0 Å². The molecule has 0 aliphatic carbocycles. The average Bonchev–Trinajstić information content (AvgIpc) is 2.15. The van der Waals surface area contributed by atoms with Crippen LogP contribution in [-0.4, -0.2) is 10.5 Å². The quantitative estimate of drug-likeness (QED) is 0.776. The van der Waals surface area contributed by atoms with Crippen molar-refractivity contribution in [2.24, 2.45) is 0 Å². The molecule has 4 heteroatoms. The molecule has 14 heavy (non-hydrogen) atoms. The Hall–Kier alpha value is -0.670. The van der Waals surface area contributed by atoms with Gasteiger partial charge in [-0.25, -0.2) is 0 Å². The lowest BCUT2D eigenvalue weighted by atomic mass is 10.0. The van der Waals surface area contributed by atoms with Gasteiger partial charge in [-0.1, -0.05) is 31.2 Å². The third kappa shape index (κ3) is 2.42. The van der Waals surface area contributed by atoms with Gasteiger partial charge in [0.1, 0.15) is 0 Å². The summed E-state index contributed by atoms with van der Waals surface area (Å²) in [5.74, 6) is 0. The average molecular weight is 221 g/mol. The van der Waals surface area contributed by atoms with E-state index in [1.165, 1.54) is 6.07 Å². The SMILES string of the molecule is CCc1ccccc1C(O)C(F)(F)Cl. The molecule has 1 atom stereocenters. The Morgan fingerprint density at radius 2 is 2.00 bits per heavy atom. The summed E-state index contributed by atoms with van der Waals surface area (Å²) in [6.45, 7) is 1.83. The van der Waals surface area contributed by atoms with Gasteiger partial charge >= 0.3 is 5.38 Å². The minimum atomic E-state index is -3.62. The summed E-state index contributed by atoms with van der Waals surface area (Å²) < 4.78 is 25.3. The van der Waals surface area contributed by atoms with Crippen molar-refractivity contribution in [3.63, 3.8) is 0 Å². The van der Waals surface area contributed by atoms with E-state index >= 15 is 0 Å². The lowest BCUT2D eigenvalue weighted by molar-refractivity contribution is -0.0428. The van der Waals surface area contributed by atoms with E-state index in [1.54, 1.807) is 18.2 Å². The molecule has 0 fully saturated rings. The molecule has 78 valence electrons. The molecular weight excluding hydrogens is 210 g/mol. The molecule has 0 spiro atoms. The molecule has 1 aromatic rings. The van der Waals surface area contributed by atoms with Crippen LogP contribution < -0.4 is 0 Å². The number of hydrogen-bond acceptors (Lipinski definition) is 1. The van der Waals surface area contributed by atoms with E-state index in [1.807, 2.05) is 6.92 Å². The lowest BCUT2D eigenvalue weighted by Gasteiger charge is -2.18. The van der Waals surface area contributed by atoms with Crippen LogP contribution in [0.15, 0.2) is 24.3 Å². The van der Waals surface area contributed by atoms with Crippen molar-refractivity contribution in [3.8, 4) is 0 Å². The van der Waals surface area contributed by atoms with Crippen LogP contribution in [0.25, 0.3) is 0 Å². The van der Waals surface area contributed by atoms with Crippen molar-refractivity contribution >= 4 is 11.6 Å². The molecule has 1 aromatic carbocycles. The summed E-state index contributed by atoms with van der Waals surface area (Å²) in [5.41, 5.74) is 0.871. The Balaban J connectivity index is 3.06. The summed E-state index contributed by atoms with van der Waals surface area (Å²) in [6.07, 6.45) is -1.36. The molecular formula is C10H11ClF2O. The maximum atomic E-state index is 12.6. The lowest BCUT2D eigenvalue weighted by Crippen LogP contribution is -2.20. The maximum absolute atomic E-state index is 12.6. The zero-order chi connectivity index (χ0) is 10.8. The molecule has 1 unspecified atom stereocenters. The van der Waals surface area contributed by atoms with Crippen LogP contribution in [0.4, 0.5) is 8.78 Å². The van der Waals surface area contributed by atoms with Crippen LogP contribution >= 0.6 is 11.6 Å². The van der Waals surface area contributed by atoms with Crippen LogP contribution in [0.2, 0.25) is 0 Å². The number of aliphatic hydroxyl groups is 1. The van der Waals surface area contributed by atoms with Gasteiger partial charge < -0.3 is 5.11 Å². The number of halogens is 3. The Labute approximate surface area is 86.3 Å². The van der Waals surface area contributed by atoms with Gasteiger partial charge in [-0.3, -0.25) is 0 Å². The smallest absolute Gasteiger partial charge is 0.351 e. The molecule has 0 bridgehead atoms. The summed E-state index contributed by atoms with van der Waals surface area (Å²) in [4.78, 5) is 0. The molecule has 0 radical (unpaired) electrons. The first-order chi connectivity index (χ1) is 6.46. The minimum absolute atomic E-state index is 0.190. The number of rotatable bonds is 3. The minimum Gasteiger partial charge on any atom is -0.381 e. The Kier molecular flexibility index (Phi) is 3.45. The van der Waals surface area contributed by atoms with E-state index in [4.69, 9.17) is 11.6 Å². The molecule has 1 rings (SSSR count). The van der Waals surface area contributed by atoms with E-state index in [-0.39, 0.29) is 5.56 Å². The highest BCUT2D eigenvalue weighted by molar-refractivity contribution is 6.22. The van der Waals surface area contributed by atoms with Crippen LogP contribution in [0.1, 0.15) is 24.2 Å². The molecule has 0 saturated heterocycles. The van der Waals surface area contributed by atoms with Gasteiger partial charge in [0.25, 0.3) is 0 Å². The van der Waals surface area contributed by atoms with Crippen LogP contribution in [0.3, 0.4) is 0 Å². The van der Waals surface area contributed by atoms with Gasteiger partial charge in [-0.2, -0.15) is 8.78 Å². The predicted molar refractivity (Wildman–Crippen MR) is 51.6 cm³/mol. The number of benzene rings is 1. The predicted octanol–water partition coefficient (Wildman–Crippen LogP) is 3.11. The monoisotopic (exact) mass is 220 g/mol. The molecule has 1 nitrogen and oxygen atoms in total. The molecule has 1 N–H and O–H groups in total. The van der Waals surface area contributed by atoms with Crippen molar-refractivity contribution in [2.75, 3.05) is 0 Å². The summed E-state index contributed by atoms with van der Waals surface area (Å²) >= 11 is 4.76. The van der Waals surface area contributed by atoms with Crippen molar-refractivity contribution in [1.82, 2.24) is 0 Å². The van der Waals surface area contributed by atoms with Crippen molar-refractivity contribution in [1.29, 1.82) is 0 Å². The number of aliphatic hydroxyl groups excluding tert-OH is 1. The highest BCUT2D eigenvalue weighted by atomic mass is 35.5. The number of hydrogen-bond donors (Lipinski definition) is 1. The standard InChI is InChI=1S/C10H11ClF2O/c1-2-7-5-3-4-6-8(7)9(14)10(11,12)13/h3-6,9,14H,2H2,1H3. The van der Waals surface area contributed by atoms with Gasteiger partial charge in [-0.05, 0) is 29.1 Å². The highest BCUT2D eigenvalue weighted by Gasteiger charge is 2.37. The van der Waals surface area contributed by atoms with Gasteiger partial charge in [0.15, 0.2) is 6.10 Å². The Bertz CT molecular complexity index is 309. The first-order valence-electron chi connectivity index (χ1n) is 4.29. The summed E-state index contributed by atoms with van der Waals surface area (Å²) in [6, 6.07) is 6.49. The summed E-state index contributed by atoms with van der Waals surface area (Å²) in [7, 11) is 0. The zero-order valence-electron chi connectivity index (χ0n) is 7.67. The van der Waals surface area contributed by atoms with Crippen LogP contribution in [0.5, 0.6) is 0 Å². The third-order valence-corrected chi connectivity index (χ3v) is 2.25. The van der Waals surface area contributed by atoms with Crippen molar-refractivity contribution in [2.45, 2.75) is 24.8 Å². The van der Waals surface area contributed by atoms with Crippen LogP contribution in [0, 0.1) is 0 Å². The second-order valence-electron chi connectivity index (χ2n) is 3.00. The fourth-order valence-electron chi connectivity index (χ4n) is 1.30. The second kappa shape index (κ2) is 4.24. The van der Waals surface area contributed by atoms with Gasteiger partial charge in [0.2, 0.25) is 0 Å². The fraction of sp³-hybridized carbons (Fsp3) is 0.400. The molecule has 0 saturated carbocycles. The second-order valence-corrected chi connectivity index (χ2v) is 3.50. The highest BCUT2D eigenvalue weighted by Crippen LogP contribution is 2.36. The molecule has 0 heterocycles. The fourth-order valence-corrected chi connectivity index (χ4v) is 1.42. The Morgan fingerprint density at radius 3 is 2.50 bits per heavy atom. The van der Waals surface area contributed by atoms with Crippen molar-refractivity contribution in [3.05, 3.63) is 35.4 Å². The molecule has 0 amide bonds. The topological polar surface area (TPSA) is 20.2 Å². The number of alkyl halides is 3. The first-order valence-corrected chi connectivity index (χ1v) is 4.67. The summed E-state index contributed by atoms with van der Waals surface area (Å²) in [5, 5.41) is 5.67. The van der Waals surface area contributed by atoms with E-state index < -0.39 is 11.5 Å². The van der Waals surface area contributed by atoms with Crippen LogP contribution in [-0.2, 0) is 6.42 Å². The van der Waals surface area contributed by atoms with E-state index in [0.717, 1.165) is 0 Å². The maximum Gasteiger partial charge on any atom is 0.351 e. The van der Waals surface area contributed by atoms with Gasteiger partial charge in [-0.15, -0.1) is 0 Å². The van der Waals surface area contributed by atoms with E-state index in [9.17, 15) is 13.9 Å². The molecule has 0 aliphatic rings. The molecule has 0 aromatic heterocycles. The number of aryl methyl sites for hydroxylation is 1. The molecule has 0 aliphatic heterocycles. The van der Waals surface area contributed by atoms with Gasteiger partial charge in [0.05, 0.1) is 0 Å². The first kappa shape index (κ1) is 11.4. The van der Waals surface area contributed by atoms with E-state index in [2.05, 4.69) is 0 Å². The largest absolute Gasteiger partial charge is 0.381 e. The zero-order valence-corrected chi connectivity index (χ0v) is 8.43. The third-order valence-electron chi connectivity index (χ3n) is 2.04. The Morgan fingerprint density at radius 1 is 1.43 bits per heavy atom. The van der Waals surface area contributed by atoms with Gasteiger partial charge in [0, 0.05) is 0 Å². The normalized spacial score (nSPS) is 14.1.